The van der Waals surface area contributed by atoms with Gasteiger partial charge in [-0.25, -0.2) is 14.7 Å². The lowest BCUT2D eigenvalue weighted by atomic mass is 10.3. The van der Waals surface area contributed by atoms with Gasteiger partial charge in [-0.1, -0.05) is 27.5 Å². The molecule has 0 saturated carbocycles. The van der Waals surface area contributed by atoms with Gasteiger partial charge in [-0.3, -0.25) is 0 Å². The van der Waals surface area contributed by atoms with Crippen LogP contribution in [0, 0.1) is 0 Å². The molecule has 0 aromatic heterocycles. The zero-order valence-electron chi connectivity index (χ0n) is 9.61. The van der Waals surface area contributed by atoms with Crippen LogP contribution >= 0.6 is 27.5 Å². The fraction of sp³-hybridized carbons (Fsp3) is 0.273. The van der Waals surface area contributed by atoms with Crippen molar-refractivity contribution in [2.24, 2.45) is 4.99 Å². The Balaban J connectivity index is 2.29. The highest BCUT2D eigenvalue weighted by Gasteiger charge is 2.25. The third kappa shape index (κ3) is 2.76. The van der Waals surface area contributed by atoms with Gasteiger partial charge in [0.15, 0.2) is 0 Å². The van der Waals surface area contributed by atoms with Gasteiger partial charge in [-0.05, 0) is 18.2 Å². The van der Waals surface area contributed by atoms with Crippen LogP contribution in [0.2, 0.25) is 5.02 Å². The molecule has 96 valence electrons. The lowest BCUT2D eigenvalue weighted by molar-refractivity contribution is 0.149. The summed E-state index contributed by atoms with van der Waals surface area (Å²) < 4.78 is 5.55. The number of nitrogens with one attached hydrogen (secondary N) is 1. The van der Waals surface area contributed by atoms with Crippen LogP contribution in [0.5, 0.6) is 0 Å². The largest absolute Gasteiger partial charge is 0.452 e. The van der Waals surface area contributed by atoms with Gasteiger partial charge in [0.2, 0.25) is 5.96 Å². The van der Waals surface area contributed by atoms with E-state index in [0.29, 0.717) is 29.8 Å². The Morgan fingerprint density at radius 1 is 1.61 bits per heavy atom. The van der Waals surface area contributed by atoms with E-state index in [0.717, 1.165) is 4.47 Å². The molecule has 0 spiro atoms. The quantitative estimate of drug-likeness (QED) is 0.860. The zero-order valence-corrected chi connectivity index (χ0v) is 12.0. The van der Waals surface area contributed by atoms with Crippen LogP contribution in [0.1, 0.15) is 0 Å². The molecule has 0 unspecified atom stereocenters. The zero-order chi connectivity index (χ0) is 13.1. The summed E-state index contributed by atoms with van der Waals surface area (Å²) in [6.45, 7) is 1.17. The first-order valence-electron chi connectivity index (χ1n) is 5.25. The normalized spacial score (nSPS) is 16.8. The fourth-order valence-corrected chi connectivity index (χ4v) is 2.27. The van der Waals surface area contributed by atoms with E-state index >= 15 is 0 Å². The predicted octanol–water partition coefficient (Wildman–Crippen LogP) is 2.76. The first kappa shape index (κ1) is 13.2. The monoisotopic (exact) mass is 331 g/mol. The summed E-state index contributed by atoms with van der Waals surface area (Å²) >= 11 is 9.39. The number of nitrogens with zero attached hydrogens (tertiary/aromatic N) is 2. The third-order valence-electron chi connectivity index (χ3n) is 2.41. The van der Waals surface area contributed by atoms with E-state index in [-0.39, 0.29) is 0 Å². The molecule has 1 aliphatic heterocycles. The molecule has 1 amide bonds. The fourth-order valence-electron chi connectivity index (χ4n) is 1.55. The number of amides is 1. The Bertz CT molecular complexity index is 507. The summed E-state index contributed by atoms with van der Waals surface area (Å²) in [5.74, 6) is 0.450. The summed E-state index contributed by atoms with van der Waals surface area (Å²) in [4.78, 5) is 17.3. The second-order valence-electron chi connectivity index (χ2n) is 3.58. The van der Waals surface area contributed by atoms with Crippen LogP contribution < -0.4 is 5.32 Å². The SMILES string of the molecule is COC(=O)N1CCNC1=Nc1ccc(Br)cc1Cl. The number of ether oxygens (including phenoxy) is 1. The van der Waals surface area contributed by atoms with E-state index in [1.807, 2.05) is 6.07 Å². The first-order valence-corrected chi connectivity index (χ1v) is 6.42. The van der Waals surface area contributed by atoms with Crippen molar-refractivity contribution in [2.45, 2.75) is 0 Å². The van der Waals surface area contributed by atoms with Gasteiger partial charge in [-0.2, -0.15) is 0 Å². The van der Waals surface area contributed by atoms with Gasteiger partial charge in [0, 0.05) is 17.6 Å². The van der Waals surface area contributed by atoms with Crippen molar-refractivity contribution in [1.29, 1.82) is 0 Å². The maximum absolute atomic E-state index is 11.5. The number of methoxy groups -OCH3 is 1. The summed E-state index contributed by atoms with van der Waals surface area (Å²) in [6, 6.07) is 5.36. The van der Waals surface area contributed by atoms with Gasteiger partial charge in [0.25, 0.3) is 0 Å². The minimum absolute atomic E-state index is 0.438. The lowest BCUT2D eigenvalue weighted by Gasteiger charge is -2.13. The molecule has 5 nitrogen and oxygen atoms in total. The van der Waals surface area contributed by atoms with Crippen molar-refractivity contribution in [3.63, 3.8) is 0 Å². The molecule has 1 N–H and O–H groups in total. The highest BCUT2D eigenvalue weighted by Crippen LogP contribution is 2.28. The maximum atomic E-state index is 11.5. The molecule has 1 heterocycles. The molecular weight excluding hydrogens is 321 g/mol. The molecule has 0 bridgehead atoms. The van der Waals surface area contributed by atoms with Crippen LogP contribution in [0.15, 0.2) is 27.7 Å². The summed E-state index contributed by atoms with van der Waals surface area (Å²) in [5, 5.41) is 3.53. The molecule has 0 aliphatic carbocycles. The molecule has 1 fully saturated rings. The third-order valence-corrected chi connectivity index (χ3v) is 3.20. The van der Waals surface area contributed by atoms with E-state index in [2.05, 4.69) is 31.0 Å². The van der Waals surface area contributed by atoms with E-state index in [1.54, 1.807) is 12.1 Å². The van der Waals surface area contributed by atoms with Crippen molar-refractivity contribution in [3.05, 3.63) is 27.7 Å². The summed E-state index contributed by atoms with van der Waals surface area (Å²) in [6.07, 6.45) is -0.438. The number of guanidine groups is 1. The maximum Gasteiger partial charge on any atom is 0.416 e. The Hall–Kier alpha value is -1.27. The molecule has 0 radical (unpaired) electrons. The Kier molecular flexibility index (Phi) is 4.08. The minimum Gasteiger partial charge on any atom is -0.452 e. The Morgan fingerprint density at radius 3 is 3.06 bits per heavy atom. The number of rotatable bonds is 1. The van der Waals surface area contributed by atoms with Gasteiger partial charge in [0.05, 0.1) is 17.8 Å². The first-order chi connectivity index (χ1) is 8.61. The minimum atomic E-state index is -0.438. The van der Waals surface area contributed by atoms with Gasteiger partial charge < -0.3 is 10.1 Å². The molecule has 18 heavy (non-hydrogen) atoms. The number of carbonyl (C=O) groups excluding carboxylic acids is 1. The van der Waals surface area contributed by atoms with Crippen LogP contribution in [-0.2, 0) is 4.74 Å². The standard InChI is InChI=1S/C11H11BrClN3O2/c1-18-11(17)16-5-4-14-10(16)15-9-3-2-7(12)6-8(9)13/h2-3,6H,4-5H2,1H3,(H,14,15). The predicted molar refractivity (Wildman–Crippen MR) is 73.4 cm³/mol. The summed E-state index contributed by atoms with van der Waals surface area (Å²) in [7, 11) is 1.34. The number of hydrogen-bond donors (Lipinski definition) is 1. The second kappa shape index (κ2) is 5.58. The molecule has 0 atom stereocenters. The van der Waals surface area contributed by atoms with E-state index in [9.17, 15) is 4.79 Å². The number of halogens is 2. The molecule has 1 aromatic rings. The van der Waals surface area contributed by atoms with Crippen LogP contribution in [-0.4, -0.2) is 37.2 Å². The van der Waals surface area contributed by atoms with E-state index < -0.39 is 6.09 Å². The topological polar surface area (TPSA) is 53.9 Å². The van der Waals surface area contributed by atoms with Crippen LogP contribution in [0.4, 0.5) is 10.5 Å². The average Bonchev–Trinajstić information content (AvgIpc) is 2.80. The lowest BCUT2D eigenvalue weighted by Crippen LogP contribution is -2.35. The van der Waals surface area contributed by atoms with Crippen molar-refractivity contribution >= 4 is 45.3 Å². The van der Waals surface area contributed by atoms with Crippen LogP contribution in [0.25, 0.3) is 0 Å². The smallest absolute Gasteiger partial charge is 0.416 e. The van der Waals surface area contributed by atoms with Gasteiger partial charge in [-0.15, -0.1) is 0 Å². The molecule has 7 heteroatoms. The average molecular weight is 333 g/mol. The molecule has 1 saturated heterocycles. The molecule has 1 aromatic carbocycles. The number of aliphatic imine (C=N–C) groups is 1. The van der Waals surface area contributed by atoms with Gasteiger partial charge in [0.1, 0.15) is 0 Å². The van der Waals surface area contributed by atoms with Crippen molar-refractivity contribution in [2.75, 3.05) is 20.2 Å². The van der Waals surface area contributed by atoms with Gasteiger partial charge >= 0.3 is 6.09 Å². The molecule has 2 rings (SSSR count). The van der Waals surface area contributed by atoms with Crippen molar-refractivity contribution in [1.82, 2.24) is 10.2 Å². The number of carbonyl (C=O) groups is 1. The van der Waals surface area contributed by atoms with Crippen molar-refractivity contribution < 1.29 is 9.53 Å². The van der Waals surface area contributed by atoms with Crippen molar-refractivity contribution in [3.8, 4) is 0 Å². The van der Waals surface area contributed by atoms with E-state index in [4.69, 9.17) is 11.6 Å². The van der Waals surface area contributed by atoms with Crippen LogP contribution in [0.3, 0.4) is 0 Å². The molecular formula is C11H11BrClN3O2. The highest BCUT2D eigenvalue weighted by atomic mass is 79.9. The summed E-state index contributed by atoms with van der Waals surface area (Å²) in [5.41, 5.74) is 0.596. The molecule has 1 aliphatic rings. The van der Waals surface area contributed by atoms with E-state index in [1.165, 1.54) is 12.0 Å². The highest BCUT2D eigenvalue weighted by molar-refractivity contribution is 9.10. The Labute approximate surface area is 118 Å². The number of hydrogen-bond acceptors (Lipinski definition) is 3. The Morgan fingerprint density at radius 2 is 2.39 bits per heavy atom. The second-order valence-corrected chi connectivity index (χ2v) is 4.90. The number of benzene rings is 1.